The molecule has 0 radical (unpaired) electrons. The summed E-state index contributed by atoms with van der Waals surface area (Å²) in [5.74, 6) is -0.184. The quantitative estimate of drug-likeness (QED) is 0.357. The van der Waals surface area contributed by atoms with Gasteiger partial charge in [0.05, 0.1) is 11.4 Å². The second kappa shape index (κ2) is 8.24. The molecule has 3 aromatic carbocycles. The summed E-state index contributed by atoms with van der Waals surface area (Å²) in [6, 6.07) is 27.5. The Morgan fingerprint density at radius 2 is 1.56 bits per heavy atom. The van der Waals surface area contributed by atoms with Crippen molar-refractivity contribution in [2.45, 2.75) is 6.92 Å². The Balaban J connectivity index is 1.59. The van der Waals surface area contributed by atoms with E-state index < -0.39 is 0 Å². The fourth-order valence-corrected chi connectivity index (χ4v) is 4.04. The van der Waals surface area contributed by atoms with Gasteiger partial charge in [0.2, 0.25) is 0 Å². The Labute approximate surface area is 191 Å². The normalized spacial score (nSPS) is 14.8. The number of aryl methyl sites for hydroxylation is 1. The fourth-order valence-electron chi connectivity index (χ4n) is 3.75. The summed E-state index contributed by atoms with van der Waals surface area (Å²) in [4.78, 5) is 14.8. The molecule has 0 unspecified atom stereocenters. The van der Waals surface area contributed by atoms with Crippen molar-refractivity contribution in [2.75, 3.05) is 4.90 Å². The van der Waals surface area contributed by atoms with Gasteiger partial charge in [0, 0.05) is 17.3 Å². The van der Waals surface area contributed by atoms with Crippen molar-refractivity contribution in [3.05, 3.63) is 108 Å². The molecule has 1 amide bonds. The molecule has 0 bridgehead atoms. The van der Waals surface area contributed by atoms with Crippen LogP contribution in [0.5, 0.6) is 0 Å². The largest absolute Gasteiger partial charge is 0.327 e. The number of nitrogens with one attached hydrogen (secondary N) is 1. The maximum absolute atomic E-state index is 13.3. The first kappa shape index (κ1) is 19.9. The lowest BCUT2D eigenvalue weighted by Gasteiger charge is -2.16. The van der Waals surface area contributed by atoms with Gasteiger partial charge in [-0.05, 0) is 49.0 Å². The third-order valence-electron chi connectivity index (χ3n) is 5.34. The van der Waals surface area contributed by atoms with Gasteiger partial charge >= 0.3 is 0 Å². The van der Waals surface area contributed by atoms with Gasteiger partial charge in [-0.15, -0.1) is 0 Å². The standard InChI is InChI=1S/C26H20N4OS/c1-18-10-8-9-15-23(18)30-25(31)22(27-26(30)32)16-20-17-29(21-13-6-3-7-14-21)28-24(20)19-11-4-2-5-12-19/h2-17H,1H3,(H,27,32)/b22-16+. The summed E-state index contributed by atoms with van der Waals surface area (Å²) in [5, 5.41) is 8.27. The molecule has 156 valence electrons. The maximum atomic E-state index is 13.3. The zero-order chi connectivity index (χ0) is 22.1. The number of benzene rings is 3. The molecule has 6 heteroatoms. The molecule has 1 aliphatic heterocycles. The van der Waals surface area contributed by atoms with Crippen LogP contribution in [-0.4, -0.2) is 20.8 Å². The molecule has 1 saturated heterocycles. The number of para-hydroxylation sites is 2. The molecule has 5 nitrogen and oxygen atoms in total. The molecule has 2 heterocycles. The minimum atomic E-state index is -0.184. The number of thiocarbonyl (C=S) groups is 1. The number of amides is 1. The number of carbonyl (C=O) groups is 1. The summed E-state index contributed by atoms with van der Waals surface area (Å²) in [5.41, 5.74) is 5.70. The van der Waals surface area contributed by atoms with E-state index in [4.69, 9.17) is 17.3 Å². The fraction of sp³-hybridized carbons (Fsp3) is 0.0385. The van der Waals surface area contributed by atoms with Crippen molar-refractivity contribution in [3.63, 3.8) is 0 Å². The predicted molar refractivity (Wildman–Crippen MR) is 131 cm³/mol. The minimum Gasteiger partial charge on any atom is -0.327 e. The van der Waals surface area contributed by atoms with E-state index in [1.165, 1.54) is 0 Å². The molecule has 0 aliphatic carbocycles. The van der Waals surface area contributed by atoms with Crippen LogP contribution in [0.4, 0.5) is 5.69 Å². The van der Waals surface area contributed by atoms with E-state index in [0.29, 0.717) is 10.8 Å². The van der Waals surface area contributed by atoms with Gasteiger partial charge in [0.25, 0.3) is 5.91 Å². The summed E-state index contributed by atoms with van der Waals surface area (Å²) < 4.78 is 1.82. The van der Waals surface area contributed by atoms with Crippen molar-refractivity contribution in [1.82, 2.24) is 15.1 Å². The van der Waals surface area contributed by atoms with Gasteiger partial charge in [-0.1, -0.05) is 66.7 Å². The number of aromatic nitrogens is 2. The first-order valence-electron chi connectivity index (χ1n) is 10.2. The lowest BCUT2D eigenvalue weighted by atomic mass is 10.1. The average molecular weight is 437 g/mol. The summed E-state index contributed by atoms with van der Waals surface area (Å²) in [6.07, 6.45) is 3.75. The topological polar surface area (TPSA) is 50.2 Å². The van der Waals surface area contributed by atoms with E-state index in [2.05, 4.69) is 5.32 Å². The van der Waals surface area contributed by atoms with E-state index >= 15 is 0 Å². The summed E-state index contributed by atoms with van der Waals surface area (Å²) in [7, 11) is 0. The van der Waals surface area contributed by atoms with Crippen LogP contribution in [0.3, 0.4) is 0 Å². The van der Waals surface area contributed by atoms with Crippen LogP contribution in [0.1, 0.15) is 11.1 Å². The number of rotatable bonds is 4. The molecule has 1 N–H and O–H groups in total. The molecular formula is C26H20N4OS. The highest BCUT2D eigenvalue weighted by molar-refractivity contribution is 7.80. The number of hydrogen-bond donors (Lipinski definition) is 1. The second-order valence-corrected chi connectivity index (χ2v) is 7.88. The van der Waals surface area contributed by atoms with Gasteiger partial charge in [0.15, 0.2) is 5.11 Å². The first-order chi connectivity index (χ1) is 15.6. The Morgan fingerprint density at radius 1 is 0.906 bits per heavy atom. The lowest BCUT2D eigenvalue weighted by molar-refractivity contribution is -0.113. The van der Waals surface area contributed by atoms with Gasteiger partial charge in [-0.3, -0.25) is 9.69 Å². The third kappa shape index (κ3) is 3.61. The predicted octanol–water partition coefficient (Wildman–Crippen LogP) is 5.11. The van der Waals surface area contributed by atoms with Crippen LogP contribution < -0.4 is 10.2 Å². The van der Waals surface area contributed by atoms with Gasteiger partial charge in [0.1, 0.15) is 11.4 Å². The monoisotopic (exact) mass is 436 g/mol. The molecule has 32 heavy (non-hydrogen) atoms. The molecule has 0 saturated carbocycles. The van der Waals surface area contributed by atoms with Gasteiger partial charge < -0.3 is 5.32 Å². The number of hydrogen-bond acceptors (Lipinski definition) is 3. The van der Waals surface area contributed by atoms with Crippen LogP contribution >= 0.6 is 12.2 Å². The zero-order valence-corrected chi connectivity index (χ0v) is 18.2. The Morgan fingerprint density at radius 3 is 2.28 bits per heavy atom. The summed E-state index contributed by atoms with van der Waals surface area (Å²) in [6.45, 7) is 1.96. The van der Waals surface area contributed by atoms with Crippen LogP contribution in [0.2, 0.25) is 0 Å². The molecule has 5 rings (SSSR count). The van der Waals surface area contributed by atoms with E-state index in [0.717, 1.165) is 33.8 Å². The Hall–Kier alpha value is -4.03. The maximum Gasteiger partial charge on any atom is 0.281 e. The lowest BCUT2D eigenvalue weighted by Crippen LogP contribution is -2.30. The van der Waals surface area contributed by atoms with Crippen molar-refractivity contribution in [3.8, 4) is 16.9 Å². The first-order valence-corrected chi connectivity index (χ1v) is 10.7. The van der Waals surface area contributed by atoms with E-state index in [-0.39, 0.29) is 5.91 Å². The Bertz CT molecular complexity index is 1340. The summed E-state index contributed by atoms with van der Waals surface area (Å²) >= 11 is 5.49. The molecule has 0 spiro atoms. The molecular weight excluding hydrogens is 416 g/mol. The molecule has 0 atom stereocenters. The SMILES string of the molecule is Cc1ccccc1N1C(=O)/C(=C\c2cn(-c3ccccc3)nc2-c2ccccc2)NC1=S. The molecule has 4 aromatic rings. The van der Waals surface area contributed by atoms with E-state index in [1.54, 1.807) is 4.90 Å². The zero-order valence-electron chi connectivity index (χ0n) is 17.4. The van der Waals surface area contributed by atoms with Gasteiger partial charge in [-0.25, -0.2) is 4.68 Å². The number of carbonyl (C=O) groups excluding carboxylic acids is 1. The second-order valence-electron chi connectivity index (χ2n) is 7.49. The third-order valence-corrected chi connectivity index (χ3v) is 5.63. The van der Waals surface area contributed by atoms with Crippen molar-refractivity contribution in [2.24, 2.45) is 0 Å². The average Bonchev–Trinajstić information content (AvgIpc) is 3.36. The van der Waals surface area contributed by atoms with Crippen LogP contribution in [0, 0.1) is 6.92 Å². The van der Waals surface area contributed by atoms with Crippen molar-refractivity contribution >= 4 is 35.0 Å². The Kier molecular flexibility index (Phi) is 5.13. The van der Waals surface area contributed by atoms with Crippen LogP contribution in [-0.2, 0) is 4.79 Å². The molecule has 1 fully saturated rings. The minimum absolute atomic E-state index is 0.184. The van der Waals surface area contributed by atoms with E-state index in [9.17, 15) is 4.79 Å². The van der Waals surface area contributed by atoms with Crippen LogP contribution in [0.15, 0.2) is 96.8 Å². The molecule has 1 aromatic heterocycles. The van der Waals surface area contributed by atoms with Crippen molar-refractivity contribution in [1.29, 1.82) is 0 Å². The highest BCUT2D eigenvalue weighted by Crippen LogP contribution is 2.29. The molecule has 1 aliphatic rings. The van der Waals surface area contributed by atoms with Crippen LogP contribution in [0.25, 0.3) is 23.0 Å². The highest BCUT2D eigenvalue weighted by Gasteiger charge is 2.33. The number of anilines is 1. The van der Waals surface area contributed by atoms with E-state index in [1.807, 2.05) is 109 Å². The highest BCUT2D eigenvalue weighted by atomic mass is 32.1. The number of nitrogens with zero attached hydrogens (tertiary/aromatic N) is 3. The van der Waals surface area contributed by atoms with Gasteiger partial charge in [-0.2, -0.15) is 5.10 Å². The van der Waals surface area contributed by atoms with Crippen molar-refractivity contribution < 1.29 is 4.79 Å². The smallest absolute Gasteiger partial charge is 0.281 e.